The molecular formula is C22H46N5O2Si. The minimum atomic E-state index is 0.0223. The second-order valence-electron chi connectivity index (χ2n) is 7.90. The predicted molar refractivity (Wildman–Crippen MR) is 127 cm³/mol. The molecule has 0 atom stereocenters. The Morgan fingerprint density at radius 1 is 0.633 bits per heavy atom. The van der Waals surface area contributed by atoms with Crippen molar-refractivity contribution < 1.29 is 9.59 Å². The van der Waals surface area contributed by atoms with Gasteiger partial charge >= 0.3 is 0 Å². The number of nitrogens with one attached hydrogen (secondary N) is 2. The Labute approximate surface area is 187 Å². The minimum absolute atomic E-state index is 0.0223. The molecule has 6 N–H and O–H groups in total. The molecule has 0 aromatic carbocycles. The summed E-state index contributed by atoms with van der Waals surface area (Å²) < 4.78 is 0. The van der Waals surface area contributed by atoms with E-state index in [9.17, 15) is 9.59 Å². The fourth-order valence-electron chi connectivity index (χ4n) is 3.33. The summed E-state index contributed by atoms with van der Waals surface area (Å²) in [6, 6.07) is 1.12. The molecule has 0 unspecified atom stereocenters. The van der Waals surface area contributed by atoms with E-state index in [0.29, 0.717) is 52.1 Å². The van der Waals surface area contributed by atoms with Crippen molar-refractivity contribution in [1.82, 2.24) is 15.5 Å². The van der Waals surface area contributed by atoms with Crippen molar-refractivity contribution in [2.45, 2.75) is 83.1 Å². The van der Waals surface area contributed by atoms with Gasteiger partial charge in [-0.15, -0.1) is 0 Å². The maximum atomic E-state index is 11.9. The van der Waals surface area contributed by atoms with Gasteiger partial charge in [0.05, 0.1) is 0 Å². The molecule has 2 amide bonds. The molecule has 0 fully saturated rings. The first-order valence-corrected chi connectivity index (χ1v) is 12.6. The number of hydrogen-bond acceptors (Lipinski definition) is 5. The van der Waals surface area contributed by atoms with E-state index in [-0.39, 0.29) is 11.8 Å². The first-order chi connectivity index (χ1) is 14.6. The molecule has 0 aromatic rings. The fourth-order valence-corrected chi connectivity index (χ4v) is 3.58. The fraction of sp³-hybridized carbons (Fsp3) is 0.909. The van der Waals surface area contributed by atoms with E-state index >= 15 is 0 Å². The first kappa shape index (κ1) is 29.0. The van der Waals surface area contributed by atoms with E-state index in [0.717, 1.165) is 19.0 Å². The van der Waals surface area contributed by atoms with Crippen LogP contribution in [0.2, 0.25) is 6.04 Å². The van der Waals surface area contributed by atoms with Gasteiger partial charge in [0.1, 0.15) is 0 Å². The van der Waals surface area contributed by atoms with Gasteiger partial charge in [0, 0.05) is 62.4 Å². The number of carbonyl (C=O) groups excluding carboxylic acids is 2. The van der Waals surface area contributed by atoms with E-state index in [1.807, 2.05) is 0 Å². The molecule has 0 heterocycles. The Kier molecular flexibility index (Phi) is 22.0. The maximum absolute atomic E-state index is 11.9. The minimum Gasteiger partial charge on any atom is -0.355 e. The molecule has 30 heavy (non-hydrogen) atoms. The number of nitrogens with two attached hydrogens (primary N) is 2. The Balaban J connectivity index is 3.97. The van der Waals surface area contributed by atoms with Gasteiger partial charge in [-0.25, -0.2) is 0 Å². The molecule has 7 nitrogen and oxygen atoms in total. The Hall–Kier alpha value is -0.963. The van der Waals surface area contributed by atoms with Gasteiger partial charge < -0.3 is 27.0 Å². The zero-order valence-corrected chi connectivity index (χ0v) is 20.1. The van der Waals surface area contributed by atoms with Gasteiger partial charge in [-0.1, -0.05) is 63.8 Å². The summed E-state index contributed by atoms with van der Waals surface area (Å²) in [5, 5.41) is 5.61. The van der Waals surface area contributed by atoms with E-state index in [1.165, 1.54) is 57.8 Å². The standard InChI is InChI=1S/C22H46N5O2Si/c23-13-15-25-21(28)11-18-27(19-12-22(29)26-16-14-24)17-9-7-5-3-1-2-4-6-8-10-20-30/h1-20,23-24H2,(H,25,28)(H,26,29). The first-order valence-electron chi connectivity index (χ1n) is 11.9. The number of hydrogen-bond donors (Lipinski definition) is 4. The summed E-state index contributed by atoms with van der Waals surface area (Å²) in [6.07, 6.45) is 13.8. The van der Waals surface area contributed by atoms with Crippen molar-refractivity contribution in [3.8, 4) is 0 Å². The van der Waals surface area contributed by atoms with Crippen LogP contribution in [-0.2, 0) is 9.59 Å². The van der Waals surface area contributed by atoms with Gasteiger partial charge in [0.15, 0.2) is 0 Å². The molecule has 0 spiro atoms. The zero-order valence-electron chi connectivity index (χ0n) is 19.1. The van der Waals surface area contributed by atoms with Crippen LogP contribution in [0.15, 0.2) is 0 Å². The molecule has 0 aromatic heterocycles. The highest BCUT2D eigenvalue weighted by molar-refractivity contribution is 6.08. The molecular weight excluding hydrogens is 394 g/mol. The second-order valence-corrected chi connectivity index (χ2v) is 8.40. The van der Waals surface area contributed by atoms with Crippen LogP contribution >= 0.6 is 0 Å². The second kappa shape index (κ2) is 22.7. The Morgan fingerprint density at radius 3 is 1.43 bits per heavy atom. The average molecular weight is 441 g/mol. The Bertz CT molecular complexity index is 389. The molecule has 175 valence electrons. The lowest BCUT2D eigenvalue weighted by atomic mass is 10.1. The monoisotopic (exact) mass is 440 g/mol. The van der Waals surface area contributed by atoms with Crippen molar-refractivity contribution in [3.63, 3.8) is 0 Å². The number of rotatable bonds is 22. The van der Waals surface area contributed by atoms with Crippen molar-refractivity contribution in [3.05, 3.63) is 0 Å². The van der Waals surface area contributed by atoms with Crippen LogP contribution < -0.4 is 22.1 Å². The predicted octanol–water partition coefficient (Wildman–Crippen LogP) is 1.71. The summed E-state index contributed by atoms with van der Waals surface area (Å²) in [6.45, 7) is 4.21. The number of unbranched alkanes of at least 4 members (excludes halogenated alkanes) is 9. The van der Waals surface area contributed by atoms with E-state index in [2.05, 4.69) is 25.8 Å². The zero-order chi connectivity index (χ0) is 22.3. The van der Waals surface area contributed by atoms with Crippen LogP contribution in [0.1, 0.15) is 77.0 Å². The molecule has 0 bridgehead atoms. The van der Waals surface area contributed by atoms with Crippen LogP contribution in [0, 0.1) is 0 Å². The lowest BCUT2D eigenvalue weighted by molar-refractivity contribution is -0.121. The summed E-state index contributed by atoms with van der Waals surface area (Å²) in [5.41, 5.74) is 10.9. The highest BCUT2D eigenvalue weighted by Gasteiger charge is 2.10. The summed E-state index contributed by atoms with van der Waals surface area (Å²) in [5.74, 6) is 0.0446. The SMILES string of the molecule is NCCNC(=O)CCN(CCCCCCCCCCCC[Si])CCC(=O)NCCN. The summed E-state index contributed by atoms with van der Waals surface area (Å²) >= 11 is 0. The lowest BCUT2D eigenvalue weighted by Crippen LogP contribution is -2.36. The van der Waals surface area contributed by atoms with Crippen LogP contribution in [-0.4, -0.2) is 72.8 Å². The van der Waals surface area contributed by atoms with Gasteiger partial charge in [-0.2, -0.15) is 0 Å². The van der Waals surface area contributed by atoms with Crippen LogP contribution in [0.5, 0.6) is 0 Å². The molecule has 0 aliphatic heterocycles. The van der Waals surface area contributed by atoms with E-state index in [1.54, 1.807) is 0 Å². The molecule has 0 aliphatic rings. The van der Waals surface area contributed by atoms with Crippen molar-refractivity contribution in [1.29, 1.82) is 0 Å². The maximum Gasteiger partial charge on any atom is 0.221 e. The van der Waals surface area contributed by atoms with Crippen molar-refractivity contribution in [2.24, 2.45) is 11.5 Å². The quantitative estimate of drug-likeness (QED) is 0.151. The van der Waals surface area contributed by atoms with Gasteiger partial charge in [0.25, 0.3) is 0 Å². The van der Waals surface area contributed by atoms with Crippen LogP contribution in [0.3, 0.4) is 0 Å². The molecule has 0 saturated heterocycles. The van der Waals surface area contributed by atoms with Gasteiger partial charge in [-0.05, 0) is 13.0 Å². The molecule has 8 heteroatoms. The number of amides is 2. The summed E-state index contributed by atoms with van der Waals surface area (Å²) in [7, 11) is 3.52. The third-order valence-electron chi connectivity index (χ3n) is 5.14. The van der Waals surface area contributed by atoms with Gasteiger partial charge in [0.2, 0.25) is 11.8 Å². The number of carbonyl (C=O) groups is 2. The van der Waals surface area contributed by atoms with Gasteiger partial charge in [-0.3, -0.25) is 9.59 Å². The smallest absolute Gasteiger partial charge is 0.221 e. The normalized spacial score (nSPS) is 11.1. The van der Waals surface area contributed by atoms with Crippen LogP contribution in [0.4, 0.5) is 0 Å². The van der Waals surface area contributed by atoms with Crippen molar-refractivity contribution >= 4 is 22.1 Å². The highest BCUT2D eigenvalue weighted by Crippen LogP contribution is 2.11. The molecule has 3 radical (unpaired) electrons. The highest BCUT2D eigenvalue weighted by atomic mass is 28.1. The largest absolute Gasteiger partial charge is 0.355 e. The number of nitrogens with zero attached hydrogens (tertiary/aromatic N) is 1. The van der Waals surface area contributed by atoms with E-state index in [4.69, 9.17) is 11.5 Å². The molecule has 0 rings (SSSR count). The van der Waals surface area contributed by atoms with Crippen LogP contribution in [0.25, 0.3) is 0 Å². The average Bonchev–Trinajstić information content (AvgIpc) is 2.75. The Morgan fingerprint density at radius 2 is 1.03 bits per heavy atom. The van der Waals surface area contributed by atoms with E-state index < -0.39 is 0 Å². The lowest BCUT2D eigenvalue weighted by Gasteiger charge is -2.22. The summed E-state index contributed by atoms with van der Waals surface area (Å²) in [4.78, 5) is 25.9. The molecule has 0 aliphatic carbocycles. The van der Waals surface area contributed by atoms with Crippen molar-refractivity contribution in [2.75, 3.05) is 45.8 Å². The third kappa shape index (κ3) is 20.3. The molecule has 0 saturated carbocycles. The topological polar surface area (TPSA) is 113 Å². The third-order valence-corrected chi connectivity index (χ3v) is 5.50.